The van der Waals surface area contributed by atoms with Crippen molar-refractivity contribution in [2.45, 2.75) is 6.92 Å². The molecule has 6 nitrogen and oxygen atoms in total. The predicted octanol–water partition coefficient (Wildman–Crippen LogP) is 4.05. The first-order valence-corrected chi connectivity index (χ1v) is 9.55. The van der Waals surface area contributed by atoms with Crippen LogP contribution in [0.3, 0.4) is 0 Å². The Morgan fingerprint density at radius 3 is 2.21 bits per heavy atom. The molecule has 3 rings (SSSR count). The normalized spacial score (nSPS) is 12.2. The number of hydrogen-bond donors (Lipinski definition) is 0. The van der Waals surface area contributed by atoms with Gasteiger partial charge in [0, 0.05) is 23.6 Å². The molecule has 28 heavy (non-hydrogen) atoms. The van der Waals surface area contributed by atoms with Gasteiger partial charge in [0.2, 0.25) is 4.80 Å². The number of ether oxygens (including phenoxy) is 3. The Bertz CT molecular complexity index is 1050. The molecule has 0 aliphatic heterocycles. The van der Waals surface area contributed by atoms with Crippen LogP contribution >= 0.6 is 11.3 Å². The Morgan fingerprint density at radius 1 is 0.929 bits per heavy atom. The highest BCUT2D eigenvalue weighted by molar-refractivity contribution is 7.07. The fourth-order valence-corrected chi connectivity index (χ4v) is 3.61. The molecule has 0 spiro atoms. The molecule has 0 aliphatic rings. The summed E-state index contributed by atoms with van der Waals surface area (Å²) in [5.74, 6) is 2.29. The van der Waals surface area contributed by atoms with Crippen LogP contribution in [0, 0.1) is 0 Å². The highest BCUT2D eigenvalue weighted by Gasteiger charge is 2.12. The highest BCUT2D eigenvalue weighted by Crippen LogP contribution is 2.26. The molecule has 0 radical (unpaired) electrons. The van der Waals surface area contributed by atoms with Gasteiger partial charge in [0.25, 0.3) is 0 Å². The molecule has 0 aliphatic carbocycles. The molecule has 1 aromatic heterocycles. The van der Waals surface area contributed by atoms with Crippen LogP contribution in [0.25, 0.3) is 11.3 Å². The third kappa shape index (κ3) is 3.94. The van der Waals surface area contributed by atoms with Gasteiger partial charge in [-0.1, -0.05) is 0 Å². The molecule has 0 amide bonds. The van der Waals surface area contributed by atoms with E-state index in [1.165, 1.54) is 11.3 Å². The second-order valence-corrected chi connectivity index (χ2v) is 6.76. The molecule has 146 valence electrons. The van der Waals surface area contributed by atoms with Crippen LogP contribution in [-0.4, -0.2) is 38.8 Å². The third-order valence-electron chi connectivity index (χ3n) is 4.31. The van der Waals surface area contributed by atoms with Gasteiger partial charge in [0.1, 0.15) is 17.2 Å². The SMILES string of the molecule is CN=c1scc(-c2ccc(OC)cc2)n1N=C(C)c1cc(OC)ccc1OC. The van der Waals surface area contributed by atoms with Crippen molar-refractivity contribution in [1.82, 2.24) is 4.68 Å². The summed E-state index contributed by atoms with van der Waals surface area (Å²) >= 11 is 1.54. The van der Waals surface area contributed by atoms with E-state index in [2.05, 4.69) is 4.99 Å². The van der Waals surface area contributed by atoms with Crippen LogP contribution < -0.4 is 19.0 Å². The first-order chi connectivity index (χ1) is 13.6. The van der Waals surface area contributed by atoms with Gasteiger partial charge in [-0.3, -0.25) is 4.99 Å². The summed E-state index contributed by atoms with van der Waals surface area (Å²) in [6, 6.07) is 13.5. The maximum Gasteiger partial charge on any atom is 0.205 e. The number of hydrogen-bond acceptors (Lipinski definition) is 6. The standard InChI is InChI=1S/C21H23N3O3S/c1-14(18-12-17(26-4)10-11-20(18)27-5)23-24-19(13-28-21(24)22-2)15-6-8-16(25-3)9-7-15/h6-13H,1-5H3. The van der Waals surface area contributed by atoms with Crippen molar-refractivity contribution in [3.8, 4) is 28.5 Å². The minimum atomic E-state index is 0.735. The third-order valence-corrected chi connectivity index (χ3v) is 5.22. The lowest BCUT2D eigenvalue weighted by molar-refractivity contribution is 0.402. The van der Waals surface area contributed by atoms with Gasteiger partial charge in [-0.25, -0.2) is 4.68 Å². The van der Waals surface area contributed by atoms with Crippen LogP contribution in [0.4, 0.5) is 0 Å². The summed E-state index contributed by atoms with van der Waals surface area (Å²) in [4.78, 5) is 5.17. The highest BCUT2D eigenvalue weighted by atomic mass is 32.1. The summed E-state index contributed by atoms with van der Waals surface area (Å²) in [5, 5.41) is 6.89. The molecule has 3 aromatic rings. The quantitative estimate of drug-likeness (QED) is 0.590. The number of methoxy groups -OCH3 is 3. The average molecular weight is 398 g/mol. The van der Waals surface area contributed by atoms with Crippen LogP contribution in [0.2, 0.25) is 0 Å². The number of aromatic nitrogens is 1. The van der Waals surface area contributed by atoms with E-state index in [0.29, 0.717) is 0 Å². The minimum Gasteiger partial charge on any atom is -0.497 e. The molecule has 0 saturated heterocycles. The largest absolute Gasteiger partial charge is 0.497 e. The van der Waals surface area contributed by atoms with Crippen molar-refractivity contribution in [1.29, 1.82) is 0 Å². The zero-order valence-electron chi connectivity index (χ0n) is 16.6. The van der Waals surface area contributed by atoms with Crippen molar-refractivity contribution >= 4 is 17.0 Å². The van der Waals surface area contributed by atoms with Gasteiger partial charge in [-0.2, -0.15) is 5.10 Å². The molecular formula is C21H23N3O3S. The summed E-state index contributed by atoms with van der Waals surface area (Å²) < 4.78 is 18.0. The monoisotopic (exact) mass is 397 g/mol. The molecule has 0 N–H and O–H groups in total. The summed E-state index contributed by atoms with van der Waals surface area (Å²) in [6.07, 6.45) is 0. The first-order valence-electron chi connectivity index (χ1n) is 8.67. The maximum atomic E-state index is 5.50. The van der Waals surface area contributed by atoms with E-state index in [1.54, 1.807) is 28.4 Å². The summed E-state index contributed by atoms with van der Waals surface area (Å²) in [5.41, 5.74) is 3.64. The molecule has 2 aromatic carbocycles. The van der Waals surface area contributed by atoms with E-state index in [1.807, 2.05) is 59.4 Å². The fourth-order valence-electron chi connectivity index (χ4n) is 2.81. The van der Waals surface area contributed by atoms with E-state index in [9.17, 15) is 0 Å². The Balaban J connectivity index is 2.12. The smallest absolute Gasteiger partial charge is 0.205 e. The summed E-state index contributed by atoms with van der Waals surface area (Å²) in [7, 11) is 6.70. The predicted molar refractivity (Wildman–Crippen MR) is 113 cm³/mol. The average Bonchev–Trinajstić information content (AvgIpc) is 3.15. The van der Waals surface area contributed by atoms with Crippen molar-refractivity contribution in [2.75, 3.05) is 28.4 Å². The van der Waals surface area contributed by atoms with Crippen molar-refractivity contribution in [3.05, 3.63) is 58.2 Å². The van der Waals surface area contributed by atoms with E-state index >= 15 is 0 Å². The zero-order valence-corrected chi connectivity index (χ0v) is 17.4. The van der Waals surface area contributed by atoms with Crippen LogP contribution in [-0.2, 0) is 0 Å². The number of benzene rings is 2. The van der Waals surface area contributed by atoms with Crippen molar-refractivity contribution in [2.24, 2.45) is 10.1 Å². The number of nitrogens with zero attached hydrogens (tertiary/aromatic N) is 3. The van der Waals surface area contributed by atoms with Crippen LogP contribution in [0.5, 0.6) is 17.2 Å². The molecule has 0 saturated carbocycles. The van der Waals surface area contributed by atoms with Gasteiger partial charge >= 0.3 is 0 Å². The fraction of sp³-hybridized carbons (Fsp3) is 0.238. The van der Waals surface area contributed by atoms with Crippen molar-refractivity contribution in [3.63, 3.8) is 0 Å². The zero-order chi connectivity index (χ0) is 20.1. The van der Waals surface area contributed by atoms with Gasteiger partial charge in [0.15, 0.2) is 0 Å². The second-order valence-electron chi connectivity index (χ2n) is 5.92. The lowest BCUT2D eigenvalue weighted by Crippen LogP contribution is -2.14. The van der Waals surface area contributed by atoms with Crippen LogP contribution in [0.15, 0.2) is 57.9 Å². The topological polar surface area (TPSA) is 57.3 Å². The van der Waals surface area contributed by atoms with Gasteiger partial charge in [-0.15, -0.1) is 11.3 Å². The van der Waals surface area contributed by atoms with E-state index in [-0.39, 0.29) is 0 Å². The minimum absolute atomic E-state index is 0.735. The molecule has 0 bridgehead atoms. The second kappa shape index (κ2) is 8.75. The molecule has 0 unspecified atom stereocenters. The molecule has 1 heterocycles. The summed E-state index contributed by atoms with van der Waals surface area (Å²) in [6.45, 7) is 1.94. The Kier molecular flexibility index (Phi) is 6.16. The molecule has 7 heteroatoms. The van der Waals surface area contributed by atoms with E-state index in [0.717, 1.165) is 44.6 Å². The Morgan fingerprint density at radius 2 is 1.61 bits per heavy atom. The van der Waals surface area contributed by atoms with Gasteiger partial charge < -0.3 is 14.2 Å². The molecule has 0 fully saturated rings. The Hall–Kier alpha value is -3.06. The lowest BCUT2D eigenvalue weighted by Gasteiger charge is -2.11. The number of thiazole rings is 1. The first kappa shape index (κ1) is 19.7. The number of rotatable bonds is 6. The molecule has 0 atom stereocenters. The van der Waals surface area contributed by atoms with Gasteiger partial charge in [0.05, 0.1) is 32.7 Å². The molecular weight excluding hydrogens is 374 g/mol. The lowest BCUT2D eigenvalue weighted by atomic mass is 10.1. The van der Waals surface area contributed by atoms with E-state index in [4.69, 9.17) is 19.3 Å². The van der Waals surface area contributed by atoms with Crippen LogP contribution in [0.1, 0.15) is 12.5 Å². The Labute approximate surface area is 168 Å². The van der Waals surface area contributed by atoms with E-state index < -0.39 is 0 Å². The van der Waals surface area contributed by atoms with Gasteiger partial charge in [-0.05, 0) is 49.4 Å². The van der Waals surface area contributed by atoms with Crippen molar-refractivity contribution < 1.29 is 14.2 Å². The maximum absolute atomic E-state index is 5.50.